The second-order valence-electron chi connectivity index (χ2n) is 8.02. The quantitative estimate of drug-likeness (QED) is 0.142. The van der Waals surface area contributed by atoms with Crippen LogP contribution in [0.3, 0.4) is 0 Å². The van der Waals surface area contributed by atoms with E-state index >= 15 is 0 Å². The zero-order valence-electron chi connectivity index (χ0n) is 19.2. The summed E-state index contributed by atoms with van der Waals surface area (Å²) in [6.45, 7) is 21.6. The van der Waals surface area contributed by atoms with Crippen molar-refractivity contribution in [3.05, 3.63) is 72.9 Å². The Morgan fingerprint density at radius 2 is 1.86 bits per heavy atom. The Bertz CT molecular complexity index is 592. The molecule has 2 unspecified atom stereocenters. The Kier molecular flexibility index (Phi) is 15.6. The standard InChI is InChI=1S/C27H42O2/c1-8-11-15-26(10-3)16-12-14-22(4)17-18-23(5)27(13-9-2)19-24(6)25(7)20-29-21-28/h8-11,15,19,21-22,25,27H,1-2,5,12-14,16-18,20H2,3-4,6-7H3/b15-11-,24-19+,26-10+/t22-,25?,27?/m0/s1. The van der Waals surface area contributed by atoms with E-state index in [4.69, 9.17) is 4.74 Å². The molecule has 0 aliphatic rings. The fraction of sp³-hybridized carbons (Fsp3) is 0.519. The first-order valence-electron chi connectivity index (χ1n) is 10.9. The first-order valence-corrected chi connectivity index (χ1v) is 10.9. The highest BCUT2D eigenvalue weighted by Gasteiger charge is 2.13. The third-order valence-corrected chi connectivity index (χ3v) is 5.54. The van der Waals surface area contributed by atoms with Crippen molar-refractivity contribution in [3.63, 3.8) is 0 Å². The summed E-state index contributed by atoms with van der Waals surface area (Å²) in [6.07, 6.45) is 19.0. The molecule has 2 heteroatoms. The molecule has 0 amide bonds. The Morgan fingerprint density at radius 1 is 1.14 bits per heavy atom. The molecule has 0 fully saturated rings. The van der Waals surface area contributed by atoms with Crippen molar-refractivity contribution in [3.8, 4) is 0 Å². The van der Waals surface area contributed by atoms with Crippen molar-refractivity contribution in [2.45, 2.75) is 66.2 Å². The summed E-state index contributed by atoms with van der Waals surface area (Å²) < 4.78 is 4.90. The summed E-state index contributed by atoms with van der Waals surface area (Å²) in [5.41, 5.74) is 3.88. The van der Waals surface area contributed by atoms with Gasteiger partial charge in [-0.1, -0.05) is 86.6 Å². The number of carbonyl (C=O) groups excluding carboxylic acids is 1. The highest BCUT2D eigenvalue weighted by atomic mass is 16.5. The largest absolute Gasteiger partial charge is 0.467 e. The Balaban J connectivity index is 4.56. The number of allylic oxidation sites excluding steroid dienone is 8. The third kappa shape index (κ3) is 12.9. The predicted molar refractivity (Wildman–Crippen MR) is 128 cm³/mol. The molecule has 0 aromatic carbocycles. The third-order valence-electron chi connectivity index (χ3n) is 5.54. The lowest BCUT2D eigenvalue weighted by atomic mass is 9.86. The average Bonchev–Trinajstić information content (AvgIpc) is 2.72. The number of hydrogen-bond donors (Lipinski definition) is 0. The molecule has 2 nitrogen and oxygen atoms in total. The van der Waals surface area contributed by atoms with Gasteiger partial charge in [0.1, 0.15) is 0 Å². The molecule has 0 saturated heterocycles. The number of rotatable bonds is 17. The van der Waals surface area contributed by atoms with Crippen molar-refractivity contribution < 1.29 is 9.53 Å². The van der Waals surface area contributed by atoms with Gasteiger partial charge in [0.25, 0.3) is 6.47 Å². The van der Waals surface area contributed by atoms with Gasteiger partial charge >= 0.3 is 0 Å². The molecular formula is C27H42O2. The van der Waals surface area contributed by atoms with Crippen LogP contribution in [0.5, 0.6) is 0 Å². The van der Waals surface area contributed by atoms with E-state index in [9.17, 15) is 4.79 Å². The van der Waals surface area contributed by atoms with Crippen LogP contribution in [0.1, 0.15) is 66.2 Å². The summed E-state index contributed by atoms with van der Waals surface area (Å²) in [5, 5.41) is 0. The maximum absolute atomic E-state index is 10.4. The van der Waals surface area contributed by atoms with Crippen molar-refractivity contribution in [2.75, 3.05) is 6.61 Å². The van der Waals surface area contributed by atoms with E-state index in [1.165, 1.54) is 29.6 Å². The zero-order valence-corrected chi connectivity index (χ0v) is 19.2. The molecule has 0 saturated carbocycles. The maximum Gasteiger partial charge on any atom is 0.293 e. The van der Waals surface area contributed by atoms with Crippen LogP contribution >= 0.6 is 0 Å². The van der Waals surface area contributed by atoms with Crippen molar-refractivity contribution in [1.82, 2.24) is 0 Å². The Labute approximate surface area is 179 Å². The summed E-state index contributed by atoms with van der Waals surface area (Å²) in [4.78, 5) is 10.4. The van der Waals surface area contributed by atoms with Crippen LogP contribution in [0.2, 0.25) is 0 Å². The lowest BCUT2D eigenvalue weighted by molar-refractivity contribution is -0.129. The van der Waals surface area contributed by atoms with E-state index in [0.29, 0.717) is 24.9 Å². The molecule has 0 spiro atoms. The van der Waals surface area contributed by atoms with Gasteiger partial charge in [0.15, 0.2) is 0 Å². The Hall–Kier alpha value is -2.09. The first kappa shape index (κ1) is 26.9. The van der Waals surface area contributed by atoms with Gasteiger partial charge in [-0.2, -0.15) is 0 Å². The van der Waals surface area contributed by atoms with Crippen LogP contribution in [0.4, 0.5) is 0 Å². The van der Waals surface area contributed by atoms with Gasteiger partial charge < -0.3 is 4.74 Å². The molecular weight excluding hydrogens is 356 g/mol. The number of hydrogen-bond acceptors (Lipinski definition) is 2. The van der Waals surface area contributed by atoms with Gasteiger partial charge in [0, 0.05) is 11.8 Å². The van der Waals surface area contributed by atoms with Crippen LogP contribution in [0, 0.1) is 17.8 Å². The fourth-order valence-electron chi connectivity index (χ4n) is 3.26. The van der Waals surface area contributed by atoms with Gasteiger partial charge in [-0.25, -0.2) is 0 Å². The minimum Gasteiger partial charge on any atom is -0.467 e. The van der Waals surface area contributed by atoms with Gasteiger partial charge in [-0.05, 0) is 51.9 Å². The monoisotopic (exact) mass is 398 g/mol. The molecule has 0 heterocycles. The molecule has 0 rings (SSSR count). The van der Waals surface area contributed by atoms with Crippen molar-refractivity contribution >= 4 is 6.47 Å². The van der Waals surface area contributed by atoms with E-state index in [0.717, 1.165) is 25.7 Å². The Morgan fingerprint density at radius 3 is 2.45 bits per heavy atom. The van der Waals surface area contributed by atoms with Gasteiger partial charge in [0.2, 0.25) is 0 Å². The lowest BCUT2D eigenvalue weighted by Gasteiger charge is -2.20. The molecule has 0 bridgehead atoms. The molecule has 0 radical (unpaired) electrons. The molecule has 0 aromatic heterocycles. The second-order valence-corrected chi connectivity index (χ2v) is 8.02. The molecule has 162 valence electrons. The van der Waals surface area contributed by atoms with Crippen molar-refractivity contribution in [1.29, 1.82) is 0 Å². The highest BCUT2D eigenvalue weighted by molar-refractivity contribution is 5.37. The molecule has 0 aromatic rings. The topological polar surface area (TPSA) is 26.3 Å². The van der Waals surface area contributed by atoms with E-state index in [1.807, 2.05) is 18.2 Å². The predicted octanol–water partition coefficient (Wildman–Crippen LogP) is 7.77. The first-order chi connectivity index (χ1) is 13.9. The average molecular weight is 399 g/mol. The molecule has 0 aliphatic heterocycles. The number of carbonyl (C=O) groups is 1. The summed E-state index contributed by atoms with van der Waals surface area (Å²) in [5.74, 6) is 1.20. The van der Waals surface area contributed by atoms with Crippen molar-refractivity contribution in [2.24, 2.45) is 17.8 Å². The van der Waals surface area contributed by atoms with Gasteiger partial charge in [0.05, 0.1) is 6.61 Å². The van der Waals surface area contributed by atoms with Crippen LogP contribution in [-0.4, -0.2) is 13.1 Å². The normalized spacial score (nSPS) is 15.6. The fourth-order valence-corrected chi connectivity index (χ4v) is 3.26. The minimum atomic E-state index is 0.218. The number of ether oxygens (including phenoxy) is 1. The van der Waals surface area contributed by atoms with Gasteiger partial charge in [-0.15, -0.1) is 6.58 Å². The van der Waals surface area contributed by atoms with Gasteiger partial charge in [-0.3, -0.25) is 4.79 Å². The molecule has 0 N–H and O–H groups in total. The van der Waals surface area contributed by atoms with E-state index in [1.54, 1.807) is 0 Å². The van der Waals surface area contributed by atoms with Crippen LogP contribution in [0.25, 0.3) is 0 Å². The molecule has 3 atom stereocenters. The molecule has 0 aliphatic carbocycles. The van der Waals surface area contributed by atoms with Crippen LogP contribution < -0.4 is 0 Å². The van der Waals surface area contributed by atoms with Crippen LogP contribution in [0.15, 0.2) is 72.9 Å². The molecule has 29 heavy (non-hydrogen) atoms. The summed E-state index contributed by atoms with van der Waals surface area (Å²) in [6, 6.07) is 0. The summed E-state index contributed by atoms with van der Waals surface area (Å²) >= 11 is 0. The maximum atomic E-state index is 10.4. The van der Waals surface area contributed by atoms with Crippen LogP contribution in [-0.2, 0) is 9.53 Å². The van der Waals surface area contributed by atoms with E-state index in [2.05, 4.69) is 65.7 Å². The minimum absolute atomic E-state index is 0.218. The second kappa shape index (κ2) is 16.8. The summed E-state index contributed by atoms with van der Waals surface area (Å²) in [7, 11) is 0. The zero-order chi connectivity index (χ0) is 22.1. The van der Waals surface area contributed by atoms with E-state index < -0.39 is 0 Å². The SMILES string of the molecule is C=C/C=C\C(=C/C)CCC[C@H](C)CCC(=C)C(/C=C(\C)C(C)COC=O)CC=C. The highest BCUT2D eigenvalue weighted by Crippen LogP contribution is 2.27. The lowest BCUT2D eigenvalue weighted by Crippen LogP contribution is -2.09. The smallest absolute Gasteiger partial charge is 0.293 e. The van der Waals surface area contributed by atoms with E-state index in [-0.39, 0.29) is 5.92 Å².